The molecule has 2 aromatic carbocycles. The Hall–Kier alpha value is -2.18. The molecule has 0 aliphatic carbocycles. The number of sulfonamides is 1. The van der Waals surface area contributed by atoms with Crippen LogP contribution in [0.3, 0.4) is 0 Å². The summed E-state index contributed by atoms with van der Waals surface area (Å²) >= 11 is 0. The van der Waals surface area contributed by atoms with Crippen LogP contribution in [0.5, 0.6) is 0 Å². The van der Waals surface area contributed by atoms with Gasteiger partial charge in [-0.25, -0.2) is 8.42 Å². The average Bonchev–Trinajstić information content (AvgIpc) is 2.68. The molecule has 0 unspecified atom stereocenters. The largest absolute Gasteiger partial charge is 0.377 e. The number of aryl methyl sites for hydroxylation is 2. The highest BCUT2D eigenvalue weighted by Crippen LogP contribution is 2.24. The van der Waals surface area contributed by atoms with Crippen LogP contribution in [-0.4, -0.2) is 38.1 Å². The molecule has 3 rings (SSSR count). The van der Waals surface area contributed by atoms with Crippen LogP contribution in [0.15, 0.2) is 47.4 Å². The van der Waals surface area contributed by atoms with Gasteiger partial charge in [0.1, 0.15) is 0 Å². The van der Waals surface area contributed by atoms with Gasteiger partial charge in [-0.3, -0.25) is 4.79 Å². The average molecular weight is 401 g/mol. The van der Waals surface area contributed by atoms with Crippen LogP contribution in [0.25, 0.3) is 0 Å². The van der Waals surface area contributed by atoms with E-state index >= 15 is 0 Å². The fraction of sp³-hybridized carbons (Fsp3) is 0.409. The van der Waals surface area contributed by atoms with Crippen LogP contribution in [0, 0.1) is 19.8 Å². The van der Waals surface area contributed by atoms with Gasteiger partial charge in [0.2, 0.25) is 10.0 Å². The number of nitrogens with one attached hydrogen (secondary N) is 1. The van der Waals surface area contributed by atoms with E-state index in [1.807, 2.05) is 32.0 Å². The molecule has 0 saturated carbocycles. The molecule has 0 amide bonds. The van der Waals surface area contributed by atoms with Crippen LogP contribution >= 0.6 is 0 Å². The van der Waals surface area contributed by atoms with E-state index in [4.69, 9.17) is 0 Å². The second-order valence-electron chi connectivity index (χ2n) is 7.65. The van der Waals surface area contributed by atoms with Gasteiger partial charge in [0, 0.05) is 24.3 Å². The quantitative estimate of drug-likeness (QED) is 0.744. The molecule has 0 bridgehead atoms. The smallest absolute Gasteiger partial charge is 0.243 e. The molecule has 1 heterocycles. The molecule has 0 aromatic heterocycles. The number of piperidine rings is 1. The fourth-order valence-corrected chi connectivity index (χ4v) is 5.02. The summed E-state index contributed by atoms with van der Waals surface area (Å²) in [6.07, 6.45) is 1.78. The van der Waals surface area contributed by atoms with Gasteiger partial charge < -0.3 is 5.32 Å². The Morgan fingerprint density at radius 2 is 1.61 bits per heavy atom. The molecule has 1 aliphatic heterocycles. The minimum absolute atomic E-state index is 0.0709. The Morgan fingerprint density at radius 3 is 2.18 bits per heavy atom. The molecule has 5 nitrogen and oxygen atoms in total. The summed E-state index contributed by atoms with van der Waals surface area (Å²) < 4.78 is 27.1. The predicted molar refractivity (Wildman–Crippen MR) is 112 cm³/mol. The molecular weight excluding hydrogens is 372 g/mol. The van der Waals surface area contributed by atoms with Gasteiger partial charge in [-0.15, -0.1) is 0 Å². The number of hydrogen-bond donors (Lipinski definition) is 1. The Kier molecular flexibility index (Phi) is 6.20. The zero-order valence-electron chi connectivity index (χ0n) is 16.7. The second kappa shape index (κ2) is 8.45. The van der Waals surface area contributed by atoms with Crippen molar-refractivity contribution in [2.75, 3.05) is 25.0 Å². The third kappa shape index (κ3) is 4.45. The number of anilines is 1. The molecule has 1 fully saturated rings. The van der Waals surface area contributed by atoms with Crippen molar-refractivity contribution >= 4 is 21.5 Å². The maximum atomic E-state index is 12.8. The number of nitrogens with zero attached hydrogens (tertiary/aromatic N) is 1. The normalized spacial score (nSPS) is 16.1. The summed E-state index contributed by atoms with van der Waals surface area (Å²) in [5.74, 6) is 0.495. The fourth-order valence-electron chi connectivity index (χ4n) is 3.55. The van der Waals surface area contributed by atoms with E-state index in [1.54, 1.807) is 28.6 Å². The highest BCUT2D eigenvalue weighted by atomic mass is 32.2. The van der Waals surface area contributed by atoms with Crippen LogP contribution in [-0.2, 0) is 10.0 Å². The molecule has 0 radical (unpaired) electrons. The number of ketones is 1. The lowest BCUT2D eigenvalue weighted by atomic mass is 10.0. The van der Waals surface area contributed by atoms with Crippen LogP contribution in [0.2, 0.25) is 0 Å². The maximum Gasteiger partial charge on any atom is 0.243 e. The Balaban J connectivity index is 1.67. The molecule has 150 valence electrons. The van der Waals surface area contributed by atoms with Crippen molar-refractivity contribution < 1.29 is 13.2 Å². The number of para-hydroxylation sites is 1. The Labute approximate surface area is 167 Å². The Bertz CT molecular complexity index is 924. The van der Waals surface area contributed by atoms with E-state index in [0.29, 0.717) is 24.6 Å². The standard InChI is InChI=1S/C22H28N2O3S/c1-16-11-13-24(14-12-16)28(26,27)20-9-7-19(8-10-20)21(25)15-23-22-17(2)5-4-6-18(22)3/h4-10,16,23H,11-15H2,1-3H3. The number of carbonyl (C=O) groups is 1. The van der Waals surface area contributed by atoms with Crippen molar-refractivity contribution in [2.24, 2.45) is 5.92 Å². The van der Waals surface area contributed by atoms with Gasteiger partial charge in [-0.05, 0) is 68.0 Å². The summed E-state index contributed by atoms with van der Waals surface area (Å²) in [6.45, 7) is 7.44. The summed E-state index contributed by atoms with van der Waals surface area (Å²) in [4.78, 5) is 12.8. The van der Waals surface area contributed by atoms with Crippen LogP contribution < -0.4 is 5.32 Å². The number of carbonyl (C=O) groups excluding carboxylic acids is 1. The van der Waals surface area contributed by atoms with Crippen molar-refractivity contribution in [1.29, 1.82) is 0 Å². The summed E-state index contributed by atoms with van der Waals surface area (Å²) in [6, 6.07) is 12.3. The SMILES string of the molecule is Cc1cccc(C)c1NCC(=O)c1ccc(S(=O)(=O)N2CCC(C)CC2)cc1. The van der Waals surface area contributed by atoms with Crippen molar-refractivity contribution in [3.63, 3.8) is 0 Å². The Morgan fingerprint density at radius 1 is 1.04 bits per heavy atom. The van der Waals surface area contributed by atoms with Gasteiger partial charge in [0.15, 0.2) is 5.78 Å². The molecule has 1 aliphatic rings. The number of rotatable bonds is 6. The first-order valence-corrected chi connectivity index (χ1v) is 11.2. The lowest BCUT2D eigenvalue weighted by Crippen LogP contribution is -2.37. The van der Waals surface area contributed by atoms with E-state index in [0.717, 1.165) is 29.7 Å². The first-order valence-electron chi connectivity index (χ1n) is 9.72. The van der Waals surface area contributed by atoms with Gasteiger partial charge in [-0.1, -0.05) is 25.1 Å². The van der Waals surface area contributed by atoms with Gasteiger partial charge in [0.05, 0.1) is 11.4 Å². The minimum Gasteiger partial charge on any atom is -0.377 e. The van der Waals surface area contributed by atoms with Crippen LogP contribution in [0.4, 0.5) is 5.69 Å². The third-order valence-corrected chi connectivity index (χ3v) is 7.38. The van der Waals surface area contributed by atoms with Crippen molar-refractivity contribution in [3.05, 3.63) is 59.2 Å². The first-order chi connectivity index (χ1) is 13.3. The van der Waals surface area contributed by atoms with Gasteiger partial charge >= 0.3 is 0 Å². The second-order valence-corrected chi connectivity index (χ2v) is 9.59. The van der Waals surface area contributed by atoms with Gasteiger partial charge in [0.25, 0.3) is 0 Å². The molecule has 0 spiro atoms. The maximum absolute atomic E-state index is 12.8. The highest BCUT2D eigenvalue weighted by molar-refractivity contribution is 7.89. The summed E-state index contributed by atoms with van der Waals surface area (Å²) in [7, 11) is -3.49. The van der Waals surface area contributed by atoms with Crippen molar-refractivity contribution in [1.82, 2.24) is 4.31 Å². The third-order valence-electron chi connectivity index (χ3n) is 5.46. The molecule has 6 heteroatoms. The topological polar surface area (TPSA) is 66.5 Å². The van der Waals surface area contributed by atoms with Crippen molar-refractivity contribution in [2.45, 2.75) is 38.5 Å². The highest BCUT2D eigenvalue weighted by Gasteiger charge is 2.28. The lowest BCUT2D eigenvalue weighted by molar-refractivity contribution is 0.101. The van der Waals surface area contributed by atoms with E-state index in [2.05, 4.69) is 12.2 Å². The number of benzene rings is 2. The molecule has 1 saturated heterocycles. The summed E-state index contributed by atoms with van der Waals surface area (Å²) in [5, 5.41) is 3.20. The van der Waals surface area contributed by atoms with Gasteiger partial charge in [-0.2, -0.15) is 4.31 Å². The zero-order chi connectivity index (χ0) is 20.3. The molecule has 2 aromatic rings. The monoisotopic (exact) mass is 400 g/mol. The number of Topliss-reactive ketones (excluding diaryl/α,β-unsaturated/α-hetero) is 1. The lowest BCUT2D eigenvalue weighted by Gasteiger charge is -2.29. The molecular formula is C22H28N2O3S. The molecule has 1 N–H and O–H groups in total. The van der Waals surface area contributed by atoms with E-state index in [1.165, 1.54) is 0 Å². The van der Waals surface area contributed by atoms with E-state index in [9.17, 15) is 13.2 Å². The minimum atomic E-state index is -3.49. The summed E-state index contributed by atoms with van der Waals surface area (Å²) in [5.41, 5.74) is 3.65. The predicted octanol–water partition coefficient (Wildman–Crippen LogP) is 4.02. The zero-order valence-corrected chi connectivity index (χ0v) is 17.6. The molecule has 28 heavy (non-hydrogen) atoms. The van der Waals surface area contributed by atoms with E-state index in [-0.39, 0.29) is 17.2 Å². The first kappa shape index (κ1) is 20.6. The van der Waals surface area contributed by atoms with Crippen LogP contribution in [0.1, 0.15) is 41.3 Å². The van der Waals surface area contributed by atoms with E-state index < -0.39 is 10.0 Å². The molecule has 0 atom stereocenters. The number of hydrogen-bond acceptors (Lipinski definition) is 4. The van der Waals surface area contributed by atoms with Crippen molar-refractivity contribution in [3.8, 4) is 0 Å².